The van der Waals surface area contributed by atoms with Crippen molar-refractivity contribution in [1.29, 1.82) is 0 Å². The summed E-state index contributed by atoms with van der Waals surface area (Å²) in [5.41, 5.74) is 1.68. The molecule has 3 N–H and O–H groups in total. The minimum Gasteiger partial charge on any atom is -0.506 e. The van der Waals surface area contributed by atoms with Crippen LogP contribution < -0.4 is 10.1 Å². The first kappa shape index (κ1) is 32.7. The molecule has 0 radical (unpaired) electrons. The number of anilines is 1. The number of hydrogen-bond donors (Lipinski definition) is 3. The lowest BCUT2D eigenvalue weighted by Gasteiger charge is -2.30. The van der Waals surface area contributed by atoms with E-state index in [9.17, 15) is 28.2 Å². The number of nitrogens with one attached hydrogen (secondary N) is 1. The molecule has 1 aromatic heterocycles. The fourth-order valence-electron chi connectivity index (χ4n) is 5.31. The highest BCUT2D eigenvalue weighted by molar-refractivity contribution is 7.89. The number of benzene rings is 3. The Kier molecular flexibility index (Phi) is 10.1. The number of rotatable bonds is 12. The zero-order valence-corrected chi connectivity index (χ0v) is 26.1. The van der Waals surface area contributed by atoms with Crippen LogP contribution in [0.15, 0.2) is 95.7 Å². The number of aromatic nitrogens is 1. The number of allylic oxidation sites excluding steroid dienone is 1. The van der Waals surface area contributed by atoms with Gasteiger partial charge >= 0.3 is 0 Å². The Morgan fingerprint density at radius 1 is 1.04 bits per heavy atom. The van der Waals surface area contributed by atoms with E-state index in [4.69, 9.17) is 14.2 Å². The molecule has 46 heavy (non-hydrogen) atoms. The van der Waals surface area contributed by atoms with Gasteiger partial charge in [-0.2, -0.15) is 4.31 Å². The van der Waals surface area contributed by atoms with Gasteiger partial charge in [0.1, 0.15) is 11.5 Å². The third kappa shape index (κ3) is 7.07. The summed E-state index contributed by atoms with van der Waals surface area (Å²) in [7, 11) is -2.49. The minimum atomic E-state index is -3.97. The maximum absolute atomic E-state index is 13.4. The van der Waals surface area contributed by atoms with E-state index in [1.165, 1.54) is 44.4 Å². The number of aliphatic hydroxyl groups is 1. The summed E-state index contributed by atoms with van der Waals surface area (Å²) < 4.78 is 46.4. The first-order valence-corrected chi connectivity index (χ1v) is 16.0. The molecular formula is C33H35N3O9S. The largest absolute Gasteiger partial charge is 0.506 e. The smallest absolute Gasteiger partial charge is 0.290 e. The van der Waals surface area contributed by atoms with Gasteiger partial charge in [-0.15, -0.1) is 0 Å². The molecule has 0 saturated carbocycles. The van der Waals surface area contributed by atoms with Gasteiger partial charge in [0, 0.05) is 43.9 Å². The van der Waals surface area contributed by atoms with Crippen LogP contribution in [0.2, 0.25) is 0 Å². The van der Waals surface area contributed by atoms with Crippen molar-refractivity contribution in [2.75, 3.05) is 38.7 Å². The summed E-state index contributed by atoms with van der Waals surface area (Å²) in [6.45, 7) is 0.676. The van der Waals surface area contributed by atoms with Crippen LogP contribution >= 0.6 is 0 Å². The molecule has 12 nitrogen and oxygen atoms in total. The van der Waals surface area contributed by atoms with Crippen molar-refractivity contribution in [3.05, 3.63) is 96.4 Å². The highest BCUT2D eigenvalue weighted by Gasteiger charge is 2.32. The summed E-state index contributed by atoms with van der Waals surface area (Å²) in [5.74, 6) is -0.914. The average molecular weight is 650 g/mol. The molecule has 0 aliphatic carbocycles. The number of carbonyl (C=O) groups is 2. The van der Waals surface area contributed by atoms with E-state index in [0.29, 0.717) is 11.3 Å². The van der Waals surface area contributed by atoms with E-state index >= 15 is 0 Å². The van der Waals surface area contributed by atoms with Crippen molar-refractivity contribution in [1.82, 2.24) is 8.87 Å². The molecule has 0 spiro atoms. The normalized spacial score (nSPS) is 16.6. The molecule has 1 amide bonds. The molecule has 4 aromatic rings. The van der Waals surface area contributed by atoms with Gasteiger partial charge in [-0.25, -0.2) is 8.42 Å². The number of amides is 1. The van der Waals surface area contributed by atoms with Crippen molar-refractivity contribution < 1.29 is 42.4 Å². The number of nitrogens with zero attached hydrogens (tertiary/aromatic N) is 2. The number of phenolic OH excluding ortho intramolecular Hbond substituents is 1. The number of methoxy groups -OCH3 is 1. The van der Waals surface area contributed by atoms with E-state index in [2.05, 4.69) is 5.32 Å². The van der Waals surface area contributed by atoms with Gasteiger partial charge < -0.3 is 29.7 Å². The fraction of sp³-hybridized carbons (Fsp3) is 0.273. The van der Waals surface area contributed by atoms with Gasteiger partial charge in [0.2, 0.25) is 22.2 Å². The highest BCUT2D eigenvalue weighted by atomic mass is 32.2. The van der Waals surface area contributed by atoms with E-state index in [0.717, 1.165) is 15.3 Å². The maximum Gasteiger partial charge on any atom is 0.290 e. The SMILES string of the molecule is COc1ccc(S(=O)(=O)N(CCO)CCO[C@@H]2C[C@H](c3cn(C(C)=O)c4ccccc34)C=C(C(=O)Nc3ccccc3O)O2)cc1. The monoisotopic (exact) mass is 649 g/mol. The van der Waals surface area contributed by atoms with Crippen LogP contribution in [-0.4, -0.2) is 79.0 Å². The van der Waals surface area contributed by atoms with Crippen LogP contribution in [0.25, 0.3) is 10.9 Å². The number of sulfonamides is 1. The Labute approximate surface area is 266 Å². The fourth-order valence-corrected chi connectivity index (χ4v) is 6.72. The van der Waals surface area contributed by atoms with Gasteiger partial charge in [0.05, 0.1) is 36.4 Å². The third-order valence-electron chi connectivity index (χ3n) is 7.61. The average Bonchev–Trinajstić information content (AvgIpc) is 3.45. The van der Waals surface area contributed by atoms with Crippen molar-refractivity contribution in [3.63, 3.8) is 0 Å². The Morgan fingerprint density at radius 3 is 2.46 bits per heavy atom. The van der Waals surface area contributed by atoms with Crippen LogP contribution in [0.3, 0.4) is 0 Å². The number of phenols is 1. The maximum atomic E-state index is 13.4. The molecule has 3 aromatic carbocycles. The van der Waals surface area contributed by atoms with E-state index in [1.54, 1.807) is 35.0 Å². The number of para-hydroxylation sites is 3. The zero-order chi connectivity index (χ0) is 32.8. The third-order valence-corrected chi connectivity index (χ3v) is 9.52. The lowest BCUT2D eigenvalue weighted by Crippen LogP contribution is -2.37. The summed E-state index contributed by atoms with van der Waals surface area (Å²) in [6.07, 6.45) is 2.66. The molecule has 5 rings (SSSR count). The number of carbonyl (C=O) groups excluding carboxylic acids is 2. The van der Waals surface area contributed by atoms with Crippen LogP contribution in [0.4, 0.5) is 5.69 Å². The number of aliphatic hydroxyl groups excluding tert-OH is 1. The van der Waals surface area contributed by atoms with E-state index in [-0.39, 0.29) is 54.1 Å². The van der Waals surface area contributed by atoms with E-state index in [1.807, 2.05) is 24.3 Å². The van der Waals surface area contributed by atoms with Crippen LogP contribution in [0, 0.1) is 0 Å². The predicted molar refractivity (Wildman–Crippen MR) is 170 cm³/mol. The zero-order valence-electron chi connectivity index (χ0n) is 25.3. The minimum absolute atomic E-state index is 0.0312. The molecule has 2 atom stereocenters. The first-order valence-electron chi connectivity index (χ1n) is 14.6. The summed E-state index contributed by atoms with van der Waals surface area (Å²) in [6, 6.07) is 19.6. The predicted octanol–water partition coefficient (Wildman–Crippen LogP) is 4.07. The van der Waals surface area contributed by atoms with Crippen molar-refractivity contribution in [3.8, 4) is 11.5 Å². The Bertz CT molecular complexity index is 1850. The molecule has 242 valence electrons. The standard InChI is InChI=1S/C33H35N3O9S/c1-22(38)36-21-27(26-7-3-5-9-29(26)36)23-19-31(33(40)34-28-8-4-6-10-30(28)39)45-32(20-23)44-18-16-35(15-17-37)46(41,42)25-13-11-24(43-2)12-14-25/h3-14,19,21,23,32,37,39H,15-18,20H2,1-2H3,(H,34,40)/t23-,32+/m1/s1. The molecule has 0 bridgehead atoms. The van der Waals surface area contributed by atoms with Gasteiger partial charge in [0.15, 0.2) is 5.76 Å². The molecule has 1 aliphatic rings. The lowest BCUT2D eigenvalue weighted by molar-refractivity contribution is -0.143. The summed E-state index contributed by atoms with van der Waals surface area (Å²) in [5, 5.41) is 23.3. The molecule has 1 aliphatic heterocycles. The highest BCUT2D eigenvalue weighted by Crippen LogP contribution is 2.37. The van der Waals surface area contributed by atoms with Gasteiger partial charge in [-0.05, 0) is 54.1 Å². The molecule has 0 saturated heterocycles. The second kappa shape index (κ2) is 14.2. The van der Waals surface area contributed by atoms with Crippen LogP contribution in [0.5, 0.6) is 11.5 Å². The van der Waals surface area contributed by atoms with Crippen LogP contribution in [-0.2, 0) is 24.3 Å². The van der Waals surface area contributed by atoms with Gasteiger partial charge in [-0.1, -0.05) is 30.3 Å². The molecular weight excluding hydrogens is 614 g/mol. The van der Waals surface area contributed by atoms with Gasteiger partial charge in [0.25, 0.3) is 5.91 Å². The second-order valence-electron chi connectivity index (χ2n) is 10.6. The lowest BCUT2D eigenvalue weighted by atomic mass is 9.92. The molecule has 0 fully saturated rings. The summed E-state index contributed by atoms with van der Waals surface area (Å²) in [4.78, 5) is 25.8. The molecule has 2 heterocycles. The van der Waals surface area contributed by atoms with Gasteiger partial charge in [-0.3, -0.25) is 14.2 Å². The quantitative estimate of drug-likeness (QED) is 0.193. The summed E-state index contributed by atoms with van der Waals surface area (Å²) >= 11 is 0. The number of aromatic hydroxyl groups is 1. The van der Waals surface area contributed by atoms with Crippen LogP contribution in [0.1, 0.15) is 29.6 Å². The first-order chi connectivity index (χ1) is 22.1. The molecule has 13 heteroatoms. The Balaban J connectivity index is 1.39. The van der Waals surface area contributed by atoms with E-state index < -0.39 is 34.7 Å². The Hall–Kier alpha value is -4.69. The number of hydrogen-bond acceptors (Lipinski definition) is 9. The number of ether oxygens (including phenoxy) is 3. The number of fused-ring (bicyclic) bond motifs is 1. The topological polar surface area (TPSA) is 157 Å². The van der Waals surface area contributed by atoms with Crippen molar-refractivity contribution >= 4 is 38.4 Å². The second-order valence-corrected chi connectivity index (χ2v) is 12.5. The Morgan fingerprint density at radius 2 is 1.76 bits per heavy atom. The molecule has 0 unspecified atom stereocenters. The van der Waals surface area contributed by atoms with Crippen molar-refractivity contribution in [2.45, 2.75) is 30.4 Å². The van der Waals surface area contributed by atoms with Crippen molar-refractivity contribution in [2.24, 2.45) is 0 Å².